The van der Waals surface area contributed by atoms with E-state index in [0.29, 0.717) is 21.3 Å². The van der Waals surface area contributed by atoms with Gasteiger partial charge in [0.15, 0.2) is 0 Å². The number of carboxylic acids is 1. The molecule has 0 fully saturated rings. The van der Waals surface area contributed by atoms with E-state index in [4.69, 9.17) is 28.3 Å². The average Bonchev–Trinajstić information content (AvgIpc) is 2.80. The molecule has 2 rings (SSSR count). The maximum Gasteiger partial charge on any atom is 0.325 e. The molecular weight excluding hydrogens is 317 g/mol. The molecule has 21 heavy (non-hydrogen) atoms. The lowest BCUT2D eigenvalue weighted by Crippen LogP contribution is -2.14. The van der Waals surface area contributed by atoms with Gasteiger partial charge in [0.1, 0.15) is 6.54 Å². The molecule has 0 aliphatic rings. The fourth-order valence-electron chi connectivity index (χ4n) is 1.72. The highest BCUT2D eigenvalue weighted by molar-refractivity contribution is 6.36. The molecule has 2 aromatic rings. The van der Waals surface area contributed by atoms with Gasteiger partial charge < -0.3 is 10.4 Å². The van der Waals surface area contributed by atoms with E-state index in [1.54, 1.807) is 18.2 Å². The minimum atomic E-state index is -1.01. The highest BCUT2D eigenvalue weighted by Gasteiger charge is 2.12. The third kappa shape index (κ3) is 4.21. The second kappa shape index (κ2) is 6.60. The molecule has 1 heterocycles. The summed E-state index contributed by atoms with van der Waals surface area (Å²) in [6.45, 7) is -0.272. The number of carboxylic acid groups (broad SMARTS) is 1. The van der Waals surface area contributed by atoms with Gasteiger partial charge in [-0.3, -0.25) is 14.3 Å². The summed E-state index contributed by atoms with van der Waals surface area (Å²) >= 11 is 12.0. The van der Waals surface area contributed by atoms with Crippen LogP contribution in [0.2, 0.25) is 10.0 Å². The van der Waals surface area contributed by atoms with Gasteiger partial charge in [-0.05, 0) is 17.7 Å². The van der Waals surface area contributed by atoms with Crippen LogP contribution in [0.5, 0.6) is 0 Å². The predicted molar refractivity (Wildman–Crippen MR) is 78.7 cm³/mol. The van der Waals surface area contributed by atoms with Crippen molar-refractivity contribution in [3.63, 3.8) is 0 Å². The Bertz CT molecular complexity index is 665. The molecule has 110 valence electrons. The van der Waals surface area contributed by atoms with E-state index in [1.807, 2.05) is 0 Å². The summed E-state index contributed by atoms with van der Waals surface area (Å²) in [5, 5.41) is 15.9. The highest BCUT2D eigenvalue weighted by atomic mass is 35.5. The normalized spacial score (nSPS) is 10.4. The van der Waals surface area contributed by atoms with Crippen LogP contribution < -0.4 is 5.32 Å². The second-order valence-electron chi connectivity index (χ2n) is 4.25. The van der Waals surface area contributed by atoms with Gasteiger partial charge in [0.2, 0.25) is 5.91 Å². The molecule has 0 saturated carbocycles. The van der Waals surface area contributed by atoms with Crippen LogP contribution in [0.1, 0.15) is 5.56 Å². The molecule has 1 aromatic carbocycles. The van der Waals surface area contributed by atoms with Gasteiger partial charge in [-0.15, -0.1) is 0 Å². The third-order valence-corrected chi connectivity index (χ3v) is 3.32. The van der Waals surface area contributed by atoms with E-state index in [0.717, 1.165) is 0 Å². The lowest BCUT2D eigenvalue weighted by atomic mass is 10.1. The third-order valence-electron chi connectivity index (χ3n) is 2.61. The van der Waals surface area contributed by atoms with Gasteiger partial charge >= 0.3 is 5.97 Å². The zero-order chi connectivity index (χ0) is 15.4. The quantitative estimate of drug-likeness (QED) is 0.883. The fourth-order valence-corrected chi connectivity index (χ4v) is 2.25. The standard InChI is InChI=1S/C13H11Cl2N3O3/c14-10-2-1-3-11(15)9(10)4-12(19)17-8-5-16-18(6-8)7-13(20)21/h1-3,5-6H,4,7H2,(H,17,19)(H,20,21). The number of anilines is 1. The first kappa shape index (κ1) is 15.3. The molecule has 1 aromatic heterocycles. The largest absolute Gasteiger partial charge is 0.480 e. The number of halogens is 2. The summed E-state index contributed by atoms with van der Waals surface area (Å²) in [4.78, 5) is 22.5. The van der Waals surface area contributed by atoms with Crippen molar-refractivity contribution in [3.05, 3.63) is 46.2 Å². The second-order valence-corrected chi connectivity index (χ2v) is 5.06. The first-order valence-corrected chi connectivity index (χ1v) is 6.68. The van der Waals surface area contributed by atoms with Crippen molar-refractivity contribution >= 4 is 40.8 Å². The molecule has 0 aliphatic carbocycles. The molecule has 0 saturated heterocycles. The Balaban J connectivity index is 2.02. The molecule has 1 amide bonds. The minimum Gasteiger partial charge on any atom is -0.480 e. The molecule has 2 N–H and O–H groups in total. The van der Waals surface area contributed by atoms with Crippen LogP contribution in [0.3, 0.4) is 0 Å². The lowest BCUT2D eigenvalue weighted by Gasteiger charge is -2.06. The van der Waals surface area contributed by atoms with Crippen LogP contribution in [0, 0.1) is 0 Å². The van der Waals surface area contributed by atoms with E-state index < -0.39 is 5.97 Å². The van der Waals surface area contributed by atoms with Gasteiger partial charge in [-0.25, -0.2) is 0 Å². The number of hydrogen-bond donors (Lipinski definition) is 2. The molecule has 0 aliphatic heterocycles. The van der Waals surface area contributed by atoms with Crippen molar-refractivity contribution in [1.29, 1.82) is 0 Å². The van der Waals surface area contributed by atoms with Gasteiger partial charge in [-0.1, -0.05) is 29.3 Å². The van der Waals surface area contributed by atoms with Gasteiger partial charge in [0, 0.05) is 16.2 Å². The summed E-state index contributed by atoms with van der Waals surface area (Å²) in [5.74, 6) is -1.33. The Labute approximate surface area is 130 Å². The lowest BCUT2D eigenvalue weighted by molar-refractivity contribution is -0.137. The molecule has 0 atom stereocenters. The summed E-state index contributed by atoms with van der Waals surface area (Å²) in [7, 11) is 0. The van der Waals surface area contributed by atoms with Crippen LogP contribution in [0.4, 0.5) is 5.69 Å². The number of rotatable bonds is 5. The number of benzene rings is 1. The van der Waals surface area contributed by atoms with Crippen molar-refractivity contribution in [2.75, 3.05) is 5.32 Å². The van der Waals surface area contributed by atoms with Crippen LogP contribution in [-0.2, 0) is 22.6 Å². The van der Waals surface area contributed by atoms with Gasteiger partial charge in [-0.2, -0.15) is 5.10 Å². The van der Waals surface area contributed by atoms with E-state index in [2.05, 4.69) is 10.4 Å². The predicted octanol–water partition coefficient (Wildman–Crippen LogP) is 2.46. The van der Waals surface area contributed by atoms with Crippen LogP contribution >= 0.6 is 23.2 Å². The monoisotopic (exact) mass is 327 g/mol. The average molecular weight is 328 g/mol. The van der Waals surface area contributed by atoms with Crippen LogP contribution in [0.25, 0.3) is 0 Å². The van der Waals surface area contributed by atoms with Crippen molar-refractivity contribution in [3.8, 4) is 0 Å². The van der Waals surface area contributed by atoms with Crippen LogP contribution in [0.15, 0.2) is 30.6 Å². The summed E-state index contributed by atoms with van der Waals surface area (Å²) in [6.07, 6.45) is 2.82. The number of hydrogen-bond acceptors (Lipinski definition) is 3. The molecule has 0 bridgehead atoms. The molecule has 0 spiro atoms. The van der Waals surface area contributed by atoms with Crippen molar-refractivity contribution in [2.45, 2.75) is 13.0 Å². The number of nitrogens with zero attached hydrogens (tertiary/aromatic N) is 2. The van der Waals surface area contributed by atoms with Crippen molar-refractivity contribution < 1.29 is 14.7 Å². The summed E-state index contributed by atoms with van der Waals surface area (Å²) in [6, 6.07) is 5.00. The minimum absolute atomic E-state index is 0.0165. The molecule has 6 nitrogen and oxygen atoms in total. The smallest absolute Gasteiger partial charge is 0.325 e. The van der Waals surface area contributed by atoms with Crippen molar-refractivity contribution in [2.24, 2.45) is 0 Å². The first-order chi connectivity index (χ1) is 9.95. The molecule has 0 unspecified atom stereocenters. The maximum absolute atomic E-state index is 11.9. The van der Waals surface area contributed by atoms with Gasteiger partial charge in [0.05, 0.1) is 18.3 Å². The number of aliphatic carboxylic acids is 1. The summed E-state index contributed by atoms with van der Waals surface area (Å²) < 4.78 is 1.21. The number of carbonyl (C=O) groups excluding carboxylic acids is 1. The first-order valence-electron chi connectivity index (χ1n) is 5.92. The van der Waals surface area contributed by atoms with E-state index in [1.165, 1.54) is 17.1 Å². The number of carbonyl (C=O) groups is 2. The maximum atomic E-state index is 11.9. The van der Waals surface area contributed by atoms with Crippen molar-refractivity contribution in [1.82, 2.24) is 9.78 Å². The number of nitrogens with one attached hydrogen (secondary N) is 1. The van der Waals surface area contributed by atoms with Crippen LogP contribution in [-0.4, -0.2) is 26.8 Å². The van der Waals surface area contributed by atoms with E-state index in [9.17, 15) is 9.59 Å². The Hall–Kier alpha value is -2.05. The topological polar surface area (TPSA) is 84.2 Å². The van der Waals surface area contributed by atoms with E-state index in [-0.39, 0.29) is 18.9 Å². The Kier molecular flexibility index (Phi) is 4.82. The number of amides is 1. The zero-order valence-corrected chi connectivity index (χ0v) is 12.2. The SMILES string of the molecule is O=C(O)Cn1cc(NC(=O)Cc2c(Cl)cccc2Cl)cn1. The molecule has 8 heteroatoms. The number of aromatic nitrogens is 2. The molecule has 0 radical (unpaired) electrons. The Morgan fingerprint density at radius 1 is 1.29 bits per heavy atom. The molecular formula is C13H11Cl2N3O3. The van der Waals surface area contributed by atoms with Gasteiger partial charge in [0.25, 0.3) is 0 Å². The Morgan fingerprint density at radius 3 is 2.57 bits per heavy atom. The Morgan fingerprint density at radius 2 is 1.95 bits per heavy atom. The zero-order valence-electron chi connectivity index (χ0n) is 10.7. The summed E-state index contributed by atoms with van der Waals surface area (Å²) in [5.41, 5.74) is 0.945. The van der Waals surface area contributed by atoms with E-state index >= 15 is 0 Å². The highest BCUT2D eigenvalue weighted by Crippen LogP contribution is 2.24. The fraction of sp³-hybridized carbons (Fsp3) is 0.154.